The number of rotatable bonds is 5. The molecule has 0 unspecified atom stereocenters. The molecule has 0 fully saturated rings. The second-order valence-electron chi connectivity index (χ2n) is 4.13. The van der Waals surface area contributed by atoms with Gasteiger partial charge in [-0.25, -0.2) is 4.79 Å². The Morgan fingerprint density at radius 2 is 1.45 bits per heavy atom. The molecule has 0 aliphatic rings. The molecular formula is C15H13ClO4. The molecule has 0 amide bonds. The smallest absolute Gasteiger partial charge is 0.344 e. The zero-order valence-electron chi connectivity index (χ0n) is 10.7. The van der Waals surface area contributed by atoms with E-state index in [0.29, 0.717) is 22.3 Å². The number of carbonyl (C=O) groups is 1. The molecule has 0 saturated carbocycles. The lowest BCUT2D eigenvalue weighted by molar-refractivity contribution is -0.144. The number of halogens is 1. The second kappa shape index (κ2) is 6.30. The summed E-state index contributed by atoms with van der Waals surface area (Å²) in [7, 11) is 0. The SMILES string of the molecule is C[C@H](Oc1ccc(Oc2ccc(Cl)cc2)cc1)C(=O)O. The first kappa shape index (κ1) is 14.2. The Bertz CT molecular complexity index is 578. The number of carboxylic acid groups (broad SMARTS) is 1. The minimum atomic E-state index is -1.01. The third-order valence-electron chi connectivity index (χ3n) is 2.53. The van der Waals surface area contributed by atoms with Gasteiger partial charge in [-0.15, -0.1) is 0 Å². The minimum Gasteiger partial charge on any atom is -0.479 e. The highest BCUT2D eigenvalue weighted by Crippen LogP contribution is 2.25. The van der Waals surface area contributed by atoms with Crippen molar-refractivity contribution in [1.82, 2.24) is 0 Å². The van der Waals surface area contributed by atoms with Gasteiger partial charge in [0.05, 0.1) is 0 Å². The van der Waals surface area contributed by atoms with Crippen LogP contribution in [0.25, 0.3) is 0 Å². The van der Waals surface area contributed by atoms with Gasteiger partial charge in [0.15, 0.2) is 6.10 Å². The van der Waals surface area contributed by atoms with Gasteiger partial charge >= 0.3 is 5.97 Å². The second-order valence-corrected chi connectivity index (χ2v) is 4.56. The highest BCUT2D eigenvalue weighted by molar-refractivity contribution is 6.30. The van der Waals surface area contributed by atoms with E-state index in [9.17, 15) is 4.79 Å². The highest BCUT2D eigenvalue weighted by Gasteiger charge is 2.12. The number of hydrogen-bond acceptors (Lipinski definition) is 3. The maximum atomic E-state index is 10.7. The van der Waals surface area contributed by atoms with E-state index >= 15 is 0 Å². The van der Waals surface area contributed by atoms with Crippen molar-refractivity contribution in [2.24, 2.45) is 0 Å². The van der Waals surface area contributed by atoms with E-state index in [1.54, 1.807) is 48.5 Å². The van der Waals surface area contributed by atoms with Crippen LogP contribution in [-0.2, 0) is 4.79 Å². The summed E-state index contributed by atoms with van der Waals surface area (Å²) >= 11 is 5.79. The molecule has 0 bridgehead atoms. The van der Waals surface area contributed by atoms with Crippen molar-refractivity contribution in [1.29, 1.82) is 0 Å². The molecule has 0 aromatic heterocycles. The van der Waals surface area contributed by atoms with Crippen molar-refractivity contribution in [3.63, 3.8) is 0 Å². The molecule has 0 spiro atoms. The lowest BCUT2D eigenvalue weighted by Crippen LogP contribution is -2.22. The third kappa shape index (κ3) is 3.90. The Morgan fingerprint density at radius 3 is 1.95 bits per heavy atom. The number of benzene rings is 2. The zero-order chi connectivity index (χ0) is 14.5. The molecule has 0 heterocycles. The van der Waals surface area contributed by atoms with Crippen molar-refractivity contribution >= 4 is 17.6 Å². The number of aliphatic carboxylic acids is 1. The summed E-state index contributed by atoms with van der Waals surface area (Å²) in [6.07, 6.45) is -0.891. The first-order chi connectivity index (χ1) is 9.54. The molecule has 2 aromatic carbocycles. The van der Waals surface area contributed by atoms with Crippen LogP contribution in [0, 0.1) is 0 Å². The Hall–Kier alpha value is -2.20. The summed E-state index contributed by atoms with van der Waals surface area (Å²) in [5, 5.41) is 9.40. The van der Waals surface area contributed by atoms with Gasteiger partial charge in [-0.2, -0.15) is 0 Å². The van der Waals surface area contributed by atoms with Crippen molar-refractivity contribution in [3.8, 4) is 17.2 Å². The quantitative estimate of drug-likeness (QED) is 0.905. The van der Waals surface area contributed by atoms with Crippen molar-refractivity contribution < 1.29 is 19.4 Å². The van der Waals surface area contributed by atoms with Crippen LogP contribution in [0.4, 0.5) is 0 Å². The monoisotopic (exact) mass is 292 g/mol. The van der Waals surface area contributed by atoms with Crippen LogP contribution >= 0.6 is 11.6 Å². The van der Waals surface area contributed by atoms with Gasteiger partial charge in [0, 0.05) is 5.02 Å². The Morgan fingerprint density at radius 1 is 1.00 bits per heavy atom. The standard InChI is InChI=1S/C15H13ClO4/c1-10(15(17)18)19-12-6-8-14(9-7-12)20-13-4-2-11(16)3-5-13/h2-10H,1H3,(H,17,18)/t10-/m0/s1. The van der Waals surface area contributed by atoms with Crippen LogP contribution in [-0.4, -0.2) is 17.2 Å². The summed E-state index contributed by atoms with van der Waals surface area (Å²) < 4.78 is 10.8. The predicted molar refractivity (Wildman–Crippen MR) is 75.7 cm³/mol. The van der Waals surface area contributed by atoms with Gasteiger partial charge in [-0.1, -0.05) is 11.6 Å². The summed E-state index contributed by atoms with van der Waals surface area (Å²) in [6.45, 7) is 1.47. The molecule has 104 valence electrons. The van der Waals surface area contributed by atoms with E-state index in [4.69, 9.17) is 26.2 Å². The van der Waals surface area contributed by atoms with Gasteiger partial charge in [-0.3, -0.25) is 0 Å². The fourth-order valence-electron chi connectivity index (χ4n) is 1.48. The van der Waals surface area contributed by atoms with Crippen LogP contribution in [0.2, 0.25) is 5.02 Å². The van der Waals surface area contributed by atoms with E-state index in [2.05, 4.69) is 0 Å². The summed E-state index contributed by atoms with van der Waals surface area (Å²) in [5.74, 6) is 0.763. The largest absolute Gasteiger partial charge is 0.479 e. The highest BCUT2D eigenvalue weighted by atomic mass is 35.5. The van der Waals surface area contributed by atoms with Crippen molar-refractivity contribution in [2.75, 3.05) is 0 Å². The topological polar surface area (TPSA) is 55.8 Å². The van der Waals surface area contributed by atoms with E-state index in [1.165, 1.54) is 6.92 Å². The molecular weight excluding hydrogens is 280 g/mol. The average molecular weight is 293 g/mol. The molecule has 2 aromatic rings. The van der Waals surface area contributed by atoms with Gasteiger partial charge in [0.2, 0.25) is 0 Å². The van der Waals surface area contributed by atoms with Crippen LogP contribution in [0.15, 0.2) is 48.5 Å². The first-order valence-corrected chi connectivity index (χ1v) is 6.35. The lowest BCUT2D eigenvalue weighted by Gasteiger charge is -2.11. The molecule has 1 atom stereocenters. The van der Waals surface area contributed by atoms with Crippen molar-refractivity contribution in [3.05, 3.63) is 53.6 Å². The van der Waals surface area contributed by atoms with Crippen LogP contribution in [0.5, 0.6) is 17.2 Å². The van der Waals surface area contributed by atoms with Gasteiger partial charge in [-0.05, 0) is 55.5 Å². The molecule has 0 saturated heterocycles. The van der Waals surface area contributed by atoms with E-state index in [1.807, 2.05) is 0 Å². The van der Waals surface area contributed by atoms with Crippen LogP contribution in [0.1, 0.15) is 6.92 Å². The summed E-state index contributed by atoms with van der Waals surface area (Å²) in [5.41, 5.74) is 0. The predicted octanol–water partition coefficient (Wildman–Crippen LogP) is 3.98. The molecule has 2 rings (SSSR count). The molecule has 4 nitrogen and oxygen atoms in total. The van der Waals surface area contributed by atoms with Crippen molar-refractivity contribution in [2.45, 2.75) is 13.0 Å². The lowest BCUT2D eigenvalue weighted by atomic mass is 10.3. The van der Waals surface area contributed by atoms with E-state index < -0.39 is 12.1 Å². The maximum absolute atomic E-state index is 10.7. The normalized spacial score (nSPS) is 11.7. The summed E-state index contributed by atoms with van der Waals surface area (Å²) in [6, 6.07) is 13.7. The van der Waals surface area contributed by atoms with Gasteiger partial charge in [0.1, 0.15) is 17.2 Å². The fourth-order valence-corrected chi connectivity index (χ4v) is 1.61. The van der Waals surface area contributed by atoms with Gasteiger partial charge < -0.3 is 14.6 Å². The molecule has 5 heteroatoms. The number of carboxylic acids is 1. The minimum absolute atomic E-state index is 0.475. The van der Waals surface area contributed by atoms with E-state index in [-0.39, 0.29) is 0 Å². The zero-order valence-corrected chi connectivity index (χ0v) is 11.5. The van der Waals surface area contributed by atoms with Crippen LogP contribution < -0.4 is 9.47 Å². The van der Waals surface area contributed by atoms with Gasteiger partial charge in [0.25, 0.3) is 0 Å². The molecule has 0 aliphatic heterocycles. The van der Waals surface area contributed by atoms with E-state index in [0.717, 1.165) is 0 Å². The number of ether oxygens (including phenoxy) is 2. The molecule has 0 aliphatic carbocycles. The molecule has 0 radical (unpaired) electrons. The Balaban J connectivity index is 2.01. The Labute approximate surface area is 121 Å². The maximum Gasteiger partial charge on any atom is 0.344 e. The summed E-state index contributed by atoms with van der Waals surface area (Å²) in [4.78, 5) is 10.7. The average Bonchev–Trinajstić information content (AvgIpc) is 2.43. The fraction of sp³-hybridized carbons (Fsp3) is 0.133. The Kier molecular flexibility index (Phi) is 4.48. The number of hydrogen-bond donors (Lipinski definition) is 1. The van der Waals surface area contributed by atoms with Crippen LogP contribution in [0.3, 0.4) is 0 Å². The first-order valence-electron chi connectivity index (χ1n) is 5.97. The molecule has 1 N–H and O–H groups in total. The molecule has 20 heavy (non-hydrogen) atoms. The third-order valence-corrected chi connectivity index (χ3v) is 2.79.